The molecule has 0 spiro atoms. The number of benzene rings is 3. The third kappa shape index (κ3) is 4.06. The van der Waals surface area contributed by atoms with E-state index in [9.17, 15) is 0 Å². The van der Waals surface area contributed by atoms with Gasteiger partial charge in [0.1, 0.15) is 17.7 Å². The first kappa shape index (κ1) is 20.7. The van der Waals surface area contributed by atoms with Gasteiger partial charge in [0.15, 0.2) is 11.5 Å². The van der Waals surface area contributed by atoms with E-state index < -0.39 is 0 Å². The van der Waals surface area contributed by atoms with Crippen molar-refractivity contribution in [1.82, 2.24) is 0 Å². The maximum atomic E-state index is 5.58. The van der Waals surface area contributed by atoms with Crippen LogP contribution in [0.2, 0.25) is 0 Å². The second-order valence-corrected chi connectivity index (χ2v) is 7.27. The van der Waals surface area contributed by atoms with Gasteiger partial charge in [-0.2, -0.15) is 0 Å². The van der Waals surface area contributed by atoms with E-state index >= 15 is 0 Å². The SMILES string of the molecule is COc1ccc(N2CCN(c3ccc(OC)cc3)C2c2ccc(OC)c(OC)c2)cc1. The molecule has 4 rings (SSSR count). The minimum Gasteiger partial charge on any atom is -0.497 e. The second kappa shape index (κ2) is 9.08. The zero-order valence-corrected chi connectivity index (χ0v) is 18.4. The smallest absolute Gasteiger partial charge is 0.161 e. The fraction of sp³-hybridized carbons (Fsp3) is 0.280. The molecular weight excluding hydrogens is 392 g/mol. The Hall–Kier alpha value is -3.54. The lowest BCUT2D eigenvalue weighted by Gasteiger charge is -2.33. The molecule has 1 heterocycles. The van der Waals surface area contributed by atoms with E-state index in [2.05, 4.69) is 46.2 Å². The Kier molecular flexibility index (Phi) is 6.07. The third-order valence-electron chi connectivity index (χ3n) is 5.69. The Morgan fingerprint density at radius 1 is 0.581 bits per heavy atom. The van der Waals surface area contributed by atoms with E-state index in [4.69, 9.17) is 18.9 Å². The minimum absolute atomic E-state index is 0.00148. The van der Waals surface area contributed by atoms with Crippen molar-refractivity contribution in [2.24, 2.45) is 0 Å². The normalized spacial score (nSPS) is 13.9. The van der Waals surface area contributed by atoms with Gasteiger partial charge in [-0.1, -0.05) is 6.07 Å². The number of hydrogen-bond donors (Lipinski definition) is 0. The molecule has 3 aromatic rings. The van der Waals surface area contributed by atoms with Crippen LogP contribution in [0.25, 0.3) is 0 Å². The van der Waals surface area contributed by atoms with E-state index in [1.807, 2.05) is 30.3 Å². The average Bonchev–Trinajstić information content (AvgIpc) is 3.28. The van der Waals surface area contributed by atoms with Crippen LogP contribution in [0.4, 0.5) is 11.4 Å². The van der Waals surface area contributed by atoms with Gasteiger partial charge in [-0.3, -0.25) is 0 Å². The zero-order chi connectivity index (χ0) is 21.8. The van der Waals surface area contributed by atoms with Crippen molar-refractivity contribution in [3.05, 3.63) is 72.3 Å². The number of hydrogen-bond acceptors (Lipinski definition) is 6. The zero-order valence-electron chi connectivity index (χ0n) is 18.4. The number of anilines is 2. The number of rotatable bonds is 7. The molecule has 0 saturated carbocycles. The summed E-state index contributed by atoms with van der Waals surface area (Å²) < 4.78 is 21.7. The molecule has 0 bridgehead atoms. The van der Waals surface area contributed by atoms with Gasteiger partial charge in [0.2, 0.25) is 0 Å². The van der Waals surface area contributed by atoms with Crippen LogP contribution in [-0.4, -0.2) is 41.5 Å². The lowest BCUT2D eigenvalue weighted by Crippen LogP contribution is -2.31. The summed E-state index contributed by atoms with van der Waals surface area (Å²) in [5, 5.41) is 0. The summed E-state index contributed by atoms with van der Waals surface area (Å²) in [5.74, 6) is 3.13. The van der Waals surface area contributed by atoms with Crippen molar-refractivity contribution in [2.75, 3.05) is 51.3 Å². The van der Waals surface area contributed by atoms with Crippen LogP contribution in [0, 0.1) is 0 Å². The van der Waals surface area contributed by atoms with Crippen molar-refractivity contribution in [3.8, 4) is 23.0 Å². The molecule has 0 N–H and O–H groups in total. The summed E-state index contributed by atoms with van der Waals surface area (Å²) in [7, 11) is 6.69. The molecule has 0 radical (unpaired) electrons. The quantitative estimate of drug-likeness (QED) is 0.550. The van der Waals surface area contributed by atoms with E-state index in [1.54, 1.807) is 28.4 Å². The molecule has 0 aromatic heterocycles. The maximum Gasteiger partial charge on any atom is 0.161 e. The van der Waals surface area contributed by atoms with Crippen molar-refractivity contribution in [1.29, 1.82) is 0 Å². The average molecular weight is 421 g/mol. The van der Waals surface area contributed by atoms with Gasteiger partial charge in [0.25, 0.3) is 0 Å². The van der Waals surface area contributed by atoms with Crippen molar-refractivity contribution < 1.29 is 18.9 Å². The summed E-state index contributed by atoms with van der Waals surface area (Å²) in [6, 6.07) is 22.5. The molecule has 1 aliphatic rings. The summed E-state index contributed by atoms with van der Waals surface area (Å²) >= 11 is 0. The molecule has 1 saturated heterocycles. The van der Waals surface area contributed by atoms with Crippen LogP contribution in [0.15, 0.2) is 66.7 Å². The second-order valence-electron chi connectivity index (χ2n) is 7.27. The first-order chi connectivity index (χ1) is 15.2. The van der Waals surface area contributed by atoms with Crippen molar-refractivity contribution in [2.45, 2.75) is 6.17 Å². The van der Waals surface area contributed by atoms with Gasteiger partial charge in [-0.15, -0.1) is 0 Å². The van der Waals surface area contributed by atoms with E-state index in [0.29, 0.717) is 0 Å². The number of nitrogens with zero attached hydrogens (tertiary/aromatic N) is 2. The van der Waals surface area contributed by atoms with E-state index in [0.717, 1.165) is 53.0 Å². The van der Waals surface area contributed by atoms with Crippen LogP contribution >= 0.6 is 0 Å². The molecule has 6 nitrogen and oxygen atoms in total. The topological polar surface area (TPSA) is 43.4 Å². The van der Waals surface area contributed by atoms with Gasteiger partial charge >= 0.3 is 0 Å². The fourth-order valence-corrected chi connectivity index (χ4v) is 4.09. The predicted molar refractivity (Wildman–Crippen MR) is 123 cm³/mol. The van der Waals surface area contributed by atoms with Gasteiger partial charge in [-0.05, 0) is 66.2 Å². The highest BCUT2D eigenvalue weighted by Gasteiger charge is 2.34. The van der Waals surface area contributed by atoms with E-state index in [1.165, 1.54) is 0 Å². The fourth-order valence-electron chi connectivity index (χ4n) is 4.09. The largest absolute Gasteiger partial charge is 0.497 e. The first-order valence-corrected chi connectivity index (χ1v) is 10.2. The molecule has 0 unspecified atom stereocenters. The van der Waals surface area contributed by atoms with Crippen LogP contribution in [0.5, 0.6) is 23.0 Å². The highest BCUT2D eigenvalue weighted by molar-refractivity contribution is 5.61. The summed E-state index contributed by atoms with van der Waals surface area (Å²) in [4.78, 5) is 4.79. The van der Waals surface area contributed by atoms with Gasteiger partial charge in [0.05, 0.1) is 28.4 Å². The summed E-state index contributed by atoms with van der Waals surface area (Å²) in [6.45, 7) is 1.77. The van der Waals surface area contributed by atoms with Gasteiger partial charge < -0.3 is 28.7 Å². The summed E-state index contributed by atoms with van der Waals surface area (Å²) in [5.41, 5.74) is 3.40. The molecule has 3 aromatic carbocycles. The van der Waals surface area contributed by atoms with Gasteiger partial charge in [0, 0.05) is 24.5 Å². The molecule has 0 aliphatic carbocycles. The third-order valence-corrected chi connectivity index (χ3v) is 5.69. The van der Waals surface area contributed by atoms with Crippen LogP contribution in [0.3, 0.4) is 0 Å². The highest BCUT2D eigenvalue weighted by atomic mass is 16.5. The Morgan fingerprint density at radius 3 is 1.48 bits per heavy atom. The standard InChI is InChI=1S/C25H28N2O4/c1-28-21-10-6-19(7-11-21)26-15-16-27(20-8-12-22(29-2)13-9-20)25(26)18-5-14-23(30-3)24(17-18)31-4/h5-14,17,25H,15-16H2,1-4H3. The molecule has 0 atom stereocenters. The van der Waals surface area contributed by atoms with Crippen LogP contribution in [0.1, 0.15) is 11.7 Å². The van der Waals surface area contributed by atoms with Crippen LogP contribution in [-0.2, 0) is 0 Å². The number of methoxy groups -OCH3 is 4. The molecule has 162 valence electrons. The molecule has 1 fully saturated rings. The van der Waals surface area contributed by atoms with Crippen LogP contribution < -0.4 is 28.7 Å². The lowest BCUT2D eigenvalue weighted by molar-refractivity contribution is 0.354. The Morgan fingerprint density at radius 2 is 1.06 bits per heavy atom. The summed E-state index contributed by atoms with van der Waals surface area (Å²) in [6.07, 6.45) is 0.00148. The molecule has 0 amide bonds. The van der Waals surface area contributed by atoms with E-state index in [-0.39, 0.29) is 6.17 Å². The first-order valence-electron chi connectivity index (χ1n) is 10.2. The predicted octanol–water partition coefficient (Wildman–Crippen LogP) is 4.75. The Balaban J connectivity index is 1.76. The number of ether oxygens (including phenoxy) is 4. The Labute approximate surface area is 183 Å². The maximum absolute atomic E-state index is 5.58. The van der Waals surface area contributed by atoms with Crippen molar-refractivity contribution in [3.63, 3.8) is 0 Å². The minimum atomic E-state index is 0.00148. The lowest BCUT2D eigenvalue weighted by atomic mass is 10.1. The molecular formula is C25H28N2O4. The molecule has 31 heavy (non-hydrogen) atoms. The van der Waals surface area contributed by atoms with Gasteiger partial charge in [-0.25, -0.2) is 0 Å². The monoisotopic (exact) mass is 420 g/mol. The molecule has 6 heteroatoms. The molecule has 1 aliphatic heterocycles. The van der Waals surface area contributed by atoms with Crippen molar-refractivity contribution >= 4 is 11.4 Å². The highest BCUT2D eigenvalue weighted by Crippen LogP contribution is 2.41. The Bertz CT molecular complexity index is 950.